The number of sulfonamides is 1. The predicted octanol–water partition coefficient (Wildman–Crippen LogP) is 0.867. The maximum Gasteiger partial charge on any atom is 0.216 e. The van der Waals surface area contributed by atoms with Gasteiger partial charge >= 0.3 is 0 Å². The fraction of sp³-hybridized carbons (Fsp3) is 0.500. The fourth-order valence-corrected chi connectivity index (χ4v) is 3.40. The molecule has 1 aliphatic rings. The number of nitrogens with one attached hydrogen (secondary N) is 1. The van der Waals surface area contributed by atoms with Gasteiger partial charge in [0.2, 0.25) is 10.0 Å². The Morgan fingerprint density at radius 3 is 2.44 bits per heavy atom. The van der Waals surface area contributed by atoms with Crippen molar-refractivity contribution in [3.63, 3.8) is 0 Å². The standard InChI is InChI=1S/C12H18N2O3S/c13-11-3-1-10(2-4-11)9-18(15,16)14-12-5-7-17-8-6-12/h1-4,12,14H,5-9,13H2. The summed E-state index contributed by atoms with van der Waals surface area (Å²) in [6.07, 6.45) is 1.47. The van der Waals surface area contributed by atoms with Crippen LogP contribution in [0.25, 0.3) is 0 Å². The molecule has 0 aliphatic carbocycles. The molecule has 1 aromatic rings. The van der Waals surface area contributed by atoms with E-state index in [0.29, 0.717) is 18.9 Å². The monoisotopic (exact) mass is 270 g/mol. The van der Waals surface area contributed by atoms with Crippen molar-refractivity contribution in [2.24, 2.45) is 0 Å². The van der Waals surface area contributed by atoms with E-state index in [1.165, 1.54) is 0 Å². The molecule has 0 aromatic heterocycles. The van der Waals surface area contributed by atoms with Gasteiger partial charge in [0.05, 0.1) is 5.75 Å². The summed E-state index contributed by atoms with van der Waals surface area (Å²) < 4.78 is 31.9. The Bertz CT molecular complexity index is 479. The minimum absolute atomic E-state index is 0.00229. The van der Waals surface area contributed by atoms with Crippen molar-refractivity contribution in [1.82, 2.24) is 4.72 Å². The van der Waals surface area contributed by atoms with Crippen LogP contribution in [0.1, 0.15) is 18.4 Å². The molecule has 1 aromatic carbocycles. The lowest BCUT2D eigenvalue weighted by Crippen LogP contribution is -2.39. The van der Waals surface area contributed by atoms with Crippen molar-refractivity contribution >= 4 is 15.7 Å². The first kappa shape index (κ1) is 13.3. The third-order valence-electron chi connectivity index (χ3n) is 2.90. The lowest BCUT2D eigenvalue weighted by molar-refractivity contribution is 0.0832. The highest BCUT2D eigenvalue weighted by Gasteiger charge is 2.20. The Morgan fingerprint density at radius 2 is 1.83 bits per heavy atom. The first-order valence-electron chi connectivity index (χ1n) is 5.97. The zero-order valence-corrected chi connectivity index (χ0v) is 10.9. The topological polar surface area (TPSA) is 81.4 Å². The maximum atomic E-state index is 12.0. The quantitative estimate of drug-likeness (QED) is 0.795. The van der Waals surface area contributed by atoms with Crippen LogP contribution in [0.2, 0.25) is 0 Å². The SMILES string of the molecule is Nc1ccc(CS(=O)(=O)NC2CCOCC2)cc1. The molecule has 3 N–H and O–H groups in total. The number of nitrogens with two attached hydrogens (primary N) is 1. The first-order chi connectivity index (χ1) is 8.55. The molecule has 1 heterocycles. The van der Waals surface area contributed by atoms with Crippen LogP contribution in [0.4, 0.5) is 5.69 Å². The van der Waals surface area contributed by atoms with Crippen molar-refractivity contribution < 1.29 is 13.2 Å². The summed E-state index contributed by atoms with van der Waals surface area (Å²) in [5.74, 6) is -0.00929. The summed E-state index contributed by atoms with van der Waals surface area (Å²) in [7, 11) is -3.29. The fourth-order valence-electron chi connectivity index (χ4n) is 1.94. The molecule has 0 unspecified atom stereocenters. The van der Waals surface area contributed by atoms with Crippen molar-refractivity contribution in [3.8, 4) is 0 Å². The van der Waals surface area contributed by atoms with Gasteiger partial charge in [-0.3, -0.25) is 0 Å². The summed E-state index contributed by atoms with van der Waals surface area (Å²) in [5.41, 5.74) is 6.93. The second kappa shape index (κ2) is 5.69. The van der Waals surface area contributed by atoms with E-state index in [4.69, 9.17) is 10.5 Å². The van der Waals surface area contributed by atoms with Gasteiger partial charge in [-0.15, -0.1) is 0 Å². The molecule has 0 bridgehead atoms. The minimum Gasteiger partial charge on any atom is -0.399 e. The number of rotatable bonds is 4. The zero-order chi connectivity index (χ0) is 13.0. The van der Waals surface area contributed by atoms with E-state index in [0.717, 1.165) is 18.4 Å². The normalized spacial score (nSPS) is 17.8. The third kappa shape index (κ3) is 3.97. The predicted molar refractivity (Wildman–Crippen MR) is 70.5 cm³/mol. The Hall–Kier alpha value is -1.11. The number of hydrogen-bond acceptors (Lipinski definition) is 4. The largest absolute Gasteiger partial charge is 0.399 e. The summed E-state index contributed by atoms with van der Waals surface area (Å²) in [6, 6.07) is 6.88. The van der Waals surface area contributed by atoms with Gasteiger partial charge in [-0.2, -0.15) is 0 Å². The average molecular weight is 270 g/mol. The Kier molecular flexibility index (Phi) is 4.21. The van der Waals surface area contributed by atoms with Gasteiger partial charge in [0.15, 0.2) is 0 Å². The van der Waals surface area contributed by atoms with E-state index in [9.17, 15) is 8.42 Å². The summed E-state index contributed by atoms with van der Waals surface area (Å²) >= 11 is 0. The number of ether oxygens (including phenoxy) is 1. The molecule has 1 fully saturated rings. The van der Waals surface area contributed by atoms with Crippen LogP contribution in [0, 0.1) is 0 Å². The van der Waals surface area contributed by atoms with Gasteiger partial charge in [-0.25, -0.2) is 13.1 Å². The second-order valence-corrected chi connectivity index (χ2v) is 6.26. The molecule has 2 rings (SSSR count). The maximum absolute atomic E-state index is 12.0. The van der Waals surface area contributed by atoms with Gasteiger partial charge in [0, 0.05) is 24.9 Å². The van der Waals surface area contributed by atoms with Crippen LogP contribution in [0.3, 0.4) is 0 Å². The van der Waals surface area contributed by atoms with E-state index < -0.39 is 10.0 Å². The average Bonchev–Trinajstić information content (AvgIpc) is 2.32. The van der Waals surface area contributed by atoms with Crippen molar-refractivity contribution in [2.45, 2.75) is 24.6 Å². The molecule has 100 valence electrons. The Balaban J connectivity index is 1.96. The summed E-state index contributed by atoms with van der Waals surface area (Å²) in [5, 5.41) is 0. The molecular weight excluding hydrogens is 252 g/mol. The highest BCUT2D eigenvalue weighted by molar-refractivity contribution is 7.88. The summed E-state index contributed by atoms with van der Waals surface area (Å²) in [4.78, 5) is 0. The highest BCUT2D eigenvalue weighted by Crippen LogP contribution is 2.12. The van der Waals surface area contributed by atoms with Gasteiger partial charge in [0.25, 0.3) is 0 Å². The minimum atomic E-state index is -3.29. The molecule has 1 aliphatic heterocycles. The van der Waals surface area contributed by atoms with E-state index in [2.05, 4.69) is 4.72 Å². The van der Waals surface area contributed by atoms with E-state index in [1.54, 1.807) is 24.3 Å². The molecule has 0 spiro atoms. The molecular formula is C12H18N2O3S. The van der Waals surface area contributed by atoms with E-state index in [1.807, 2.05) is 0 Å². The lowest BCUT2D eigenvalue weighted by Gasteiger charge is -2.22. The smallest absolute Gasteiger partial charge is 0.216 e. The molecule has 0 saturated carbocycles. The molecule has 6 heteroatoms. The van der Waals surface area contributed by atoms with Crippen LogP contribution in [-0.2, 0) is 20.5 Å². The number of benzene rings is 1. The highest BCUT2D eigenvalue weighted by atomic mass is 32.2. The second-order valence-electron chi connectivity index (χ2n) is 4.51. The summed E-state index contributed by atoms with van der Waals surface area (Å²) in [6.45, 7) is 1.24. The van der Waals surface area contributed by atoms with Crippen LogP contribution in [-0.4, -0.2) is 27.7 Å². The van der Waals surface area contributed by atoms with Crippen LogP contribution < -0.4 is 10.5 Å². The first-order valence-corrected chi connectivity index (χ1v) is 7.62. The van der Waals surface area contributed by atoms with E-state index >= 15 is 0 Å². The number of nitrogen functional groups attached to an aromatic ring is 1. The Labute approximate surface area is 107 Å². The van der Waals surface area contributed by atoms with Crippen LogP contribution in [0.15, 0.2) is 24.3 Å². The van der Waals surface area contributed by atoms with Gasteiger partial charge in [0.1, 0.15) is 0 Å². The van der Waals surface area contributed by atoms with Crippen molar-refractivity contribution in [3.05, 3.63) is 29.8 Å². The van der Waals surface area contributed by atoms with Gasteiger partial charge < -0.3 is 10.5 Å². The molecule has 18 heavy (non-hydrogen) atoms. The number of hydrogen-bond donors (Lipinski definition) is 2. The van der Waals surface area contributed by atoms with Crippen molar-refractivity contribution in [2.75, 3.05) is 18.9 Å². The molecule has 0 radical (unpaired) electrons. The zero-order valence-electron chi connectivity index (χ0n) is 10.1. The molecule has 0 amide bonds. The lowest BCUT2D eigenvalue weighted by atomic mass is 10.1. The van der Waals surface area contributed by atoms with Crippen LogP contribution in [0.5, 0.6) is 0 Å². The van der Waals surface area contributed by atoms with Crippen LogP contribution >= 0.6 is 0 Å². The molecule has 0 atom stereocenters. The van der Waals surface area contributed by atoms with Gasteiger partial charge in [-0.1, -0.05) is 12.1 Å². The molecule has 5 nitrogen and oxygen atoms in total. The van der Waals surface area contributed by atoms with Crippen molar-refractivity contribution in [1.29, 1.82) is 0 Å². The third-order valence-corrected chi connectivity index (χ3v) is 4.31. The number of anilines is 1. The Morgan fingerprint density at radius 1 is 1.22 bits per heavy atom. The molecule has 1 saturated heterocycles. The van der Waals surface area contributed by atoms with E-state index in [-0.39, 0.29) is 11.8 Å². The van der Waals surface area contributed by atoms with Gasteiger partial charge in [-0.05, 0) is 30.5 Å².